The Kier molecular flexibility index (Phi) is 8.92. The second kappa shape index (κ2) is 11.7. The van der Waals surface area contributed by atoms with Crippen LogP contribution in [0.4, 0.5) is 0 Å². The van der Waals surface area contributed by atoms with E-state index in [4.69, 9.17) is 4.74 Å². The number of nitrogens with zero attached hydrogens (tertiary/aromatic N) is 1. The maximum Gasteiger partial charge on any atom is 0.240 e. The van der Waals surface area contributed by atoms with Gasteiger partial charge < -0.3 is 15.0 Å². The number of rotatable bonds is 9. The van der Waals surface area contributed by atoms with Crippen LogP contribution in [0, 0.1) is 5.92 Å². The molecule has 2 N–H and O–H groups in total. The van der Waals surface area contributed by atoms with Crippen LogP contribution in [-0.2, 0) is 19.6 Å². The third kappa shape index (κ3) is 6.93. The van der Waals surface area contributed by atoms with E-state index in [2.05, 4.69) is 10.0 Å². The lowest BCUT2D eigenvalue weighted by atomic mass is 9.93. The SMILES string of the molecule is CCOc1ccc(S(=O)(=O)NCCC(=O)N2CCCC(C(=O)NC3CCCCC3)C2)cc1. The normalized spacial score (nSPS) is 20.0. The molecule has 1 aliphatic carbocycles. The zero-order valence-corrected chi connectivity index (χ0v) is 19.7. The summed E-state index contributed by atoms with van der Waals surface area (Å²) in [5.74, 6) is 0.337. The summed E-state index contributed by atoms with van der Waals surface area (Å²) < 4.78 is 32.7. The molecule has 1 saturated heterocycles. The van der Waals surface area contributed by atoms with Gasteiger partial charge in [-0.15, -0.1) is 0 Å². The van der Waals surface area contributed by atoms with Crippen LogP contribution in [0.2, 0.25) is 0 Å². The van der Waals surface area contributed by atoms with Crippen molar-refractivity contribution >= 4 is 21.8 Å². The number of ether oxygens (including phenoxy) is 1. The topological polar surface area (TPSA) is 105 Å². The highest BCUT2D eigenvalue weighted by Crippen LogP contribution is 2.21. The first kappa shape index (κ1) is 24.5. The molecule has 1 heterocycles. The van der Waals surface area contributed by atoms with Gasteiger partial charge in [0, 0.05) is 32.1 Å². The van der Waals surface area contributed by atoms with Gasteiger partial charge in [-0.2, -0.15) is 0 Å². The van der Waals surface area contributed by atoms with Gasteiger partial charge in [-0.05, 0) is 56.9 Å². The van der Waals surface area contributed by atoms with Gasteiger partial charge in [-0.3, -0.25) is 9.59 Å². The maximum absolute atomic E-state index is 12.7. The van der Waals surface area contributed by atoms with Crippen LogP contribution in [0.25, 0.3) is 0 Å². The van der Waals surface area contributed by atoms with Gasteiger partial charge in [0.05, 0.1) is 17.4 Å². The van der Waals surface area contributed by atoms with E-state index in [0.29, 0.717) is 25.4 Å². The molecule has 1 atom stereocenters. The Morgan fingerprint density at radius 1 is 1.06 bits per heavy atom. The Hall–Kier alpha value is -2.13. The number of hydrogen-bond acceptors (Lipinski definition) is 5. The molecule has 1 aromatic carbocycles. The van der Waals surface area contributed by atoms with E-state index in [1.807, 2.05) is 6.92 Å². The van der Waals surface area contributed by atoms with E-state index >= 15 is 0 Å². The Morgan fingerprint density at radius 2 is 1.78 bits per heavy atom. The average molecular weight is 466 g/mol. The highest BCUT2D eigenvalue weighted by molar-refractivity contribution is 7.89. The van der Waals surface area contributed by atoms with Crippen molar-refractivity contribution in [2.45, 2.75) is 69.2 Å². The monoisotopic (exact) mass is 465 g/mol. The molecule has 1 aromatic rings. The van der Waals surface area contributed by atoms with E-state index in [1.54, 1.807) is 17.0 Å². The molecule has 9 heteroatoms. The van der Waals surface area contributed by atoms with E-state index in [-0.39, 0.29) is 41.6 Å². The smallest absolute Gasteiger partial charge is 0.240 e. The molecule has 1 saturated carbocycles. The minimum atomic E-state index is -3.70. The van der Waals surface area contributed by atoms with Crippen LogP contribution in [0.3, 0.4) is 0 Å². The predicted molar refractivity (Wildman–Crippen MR) is 122 cm³/mol. The number of sulfonamides is 1. The molecular formula is C23H35N3O5S. The van der Waals surface area contributed by atoms with Gasteiger partial charge in [0.15, 0.2) is 0 Å². The summed E-state index contributed by atoms with van der Waals surface area (Å²) in [7, 11) is -3.70. The third-order valence-electron chi connectivity index (χ3n) is 6.17. The van der Waals surface area contributed by atoms with Gasteiger partial charge in [0.2, 0.25) is 21.8 Å². The second-order valence-electron chi connectivity index (χ2n) is 8.57. The van der Waals surface area contributed by atoms with Crippen molar-refractivity contribution in [1.29, 1.82) is 0 Å². The lowest BCUT2D eigenvalue weighted by Crippen LogP contribution is -2.48. The molecule has 178 valence electrons. The Bertz CT molecular complexity index is 866. The summed E-state index contributed by atoms with van der Waals surface area (Å²) >= 11 is 0. The predicted octanol–water partition coefficient (Wildman–Crippen LogP) is 2.44. The Morgan fingerprint density at radius 3 is 2.47 bits per heavy atom. The fourth-order valence-electron chi connectivity index (χ4n) is 4.40. The fourth-order valence-corrected chi connectivity index (χ4v) is 5.43. The maximum atomic E-state index is 12.7. The number of piperidine rings is 1. The van der Waals surface area contributed by atoms with Crippen LogP contribution in [0.15, 0.2) is 29.2 Å². The summed E-state index contributed by atoms with van der Waals surface area (Å²) in [5, 5.41) is 3.16. The van der Waals surface area contributed by atoms with Gasteiger partial charge in [0.1, 0.15) is 5.75 Å². The summed E-state index contributed by atoms with van der Waals surface area (Å²) in [6.45, 7) is 3.40. The van der Waals surface area contributed by atoms with E-state index < -0.39 is 10.0 Å². The van der Waals surface area contributed by atoms with Crippen molar-refractivity contribution < 1.29 is 22.7 Å². The number of hydrogen-bond donors (Lipinski definition) is 2. The minimum Gasteiger partial charge on any atom is -0.494 e. The molecule has 0 spiro atoms. The van der Waals surface area contributed by atoms with E-state index in [0.717, 1.165) is 38.5 Å². The molecule has 1 unspecified atom stereocenters. The summed E-state index contributed by atoms with van der Waals surface area (Å²) in [5.41, 5.74) is 0. The highest BCUT2D eigenvalue weighted by Gasteiger charge is 2.29. The minimum absolute atomic E-state index is 0.0177. The van der Waals surface area contributed by atoms with Crippen LogP contribution in [0.5, 0.6) is 5.75 Å². The Labute approximate surface area is 191 Å². The molecule has 0 aromatic heterocycles. The van der Waals surface area contributed by atoms with Crippen LogP contribution in [0.1, 0.15) is 58.3 Å². The molecule has 2 fully saturated rings. The van der Waals surface area contributed by atoms with E-state index in [1.165, 1.54) is 18.6 Å². The quantitative estimate of drug-likeness (QED) is 0.583. The summed E-state index contributed by atoms with van der Waals surface area (Å²) in [6, 6.07) is 6.44. The largest absolute Gasteiger partial charge is 0.494 e. The van der Waals surface area contributed by atoms with Crippen molar-refractivity contribution in [3.63, 3.8) is 0 Å². The average Bonchev–Trinajstić information content (AvgIpc) is 2.80. The molecule has 2 aliphatic rings. The first-order valence-electron chi connectivity index (χ1n) is 11.7. The number of amides is 2. The van der Waals surface area contributed by atoms with Crippen molar-refractivity contribution in [2.24, 2.45) is 5.92 Å². The number of benzene rings is 1. The number of carbonyl (C=O) groups excluding carboxylic acids is 2. The third-order valence-corrected chi connectivity index (χ3v) is 7.65. The summed E-state index contributed by atoms with van der Waals surface area (Å²) in [6.07, 6.45) is 7.26. The first-order valence-corrected chi connectivity index (χ1v) is 13.2. The van der Waals surface area contributed by atoms with Crippen LogP contribution < -0.4 is 14.8 Å². The molecule has 0 radical (unpaired) electrons. The highest BCUT2D eigenvalue weighted by atomic mass is 32.2. The molecule has 32 heavy (non-hydrogen) atoms. The van der Waals surface area contributed by atoms with Gasteiger partial charge in [0.25, 0.3) is 0 Å². The van der Waals surface area contributed by atoms with Gasteiger partial charge >= 0.3 is 0 Å². The fraction of sp³-hybridized carbons (Fsp3) is 0.652. The van der Waals surface area contributed by atoms with Gasteiger partial charge in [-0.25, -0.2) is 13.1 Å². The summed E-state index contributed by atoms with van der Waals surface area (Å²) in [4.78, 5) is 27.1. The molecule has 1 aliphatic heterocycles. The molecule has 8 nitrogen and oxygen atoms in total. The number of likely N-dealkylation sites (tertiary alicyclic amines) is 1. The zero-order valence-electron chi connectivity index (χ0n) is 18.8. The second-order valence-corrected chi connectivity index (χ2v) is 10.3. The van der Waals surface area contributed by atoms with E-state index in [9.17, 15) is 18.0 Å². The molecule has 0 bridgehead atoms. The number of nitrogens with one attached hydrogen (secondary N) is 2. The first-order chi connectivity index (χ1) is 15.4. The molecular weight excluding hydrogens is 430 g/mol. The Balaban J connectivity index is 1.45. The lowest BCUT2D eigenvalue weighted by Gasteiger charge is -2.33. The van der Waals surface area contributed by atoms with Crippen molar-refractivity contribution in [3.05, 3.63) is 24.3 Å². The van der Waals surface area contributed by atoms with Crippen molar-refractivity contribution in [1.82, 2.24) is 14.9 Å². The van der Waals surface area contributed by atoms with Crippen molar-refractivity contribution in [2.75, 3.05) is 26.2 Å². The standard InChI is InChI=1S/C23H35N3O5S/c1-2-31-20-10-12-21(13-11-20)32(29,30)24-15-14-22(27)26-16-6-7-18(17-26)23(28)25-19-8-4-3-5-9-19/h10-13,18-19,24H,2-9,14-17H2,1H3,(H,25,28). The molecule has 2 amide bonds. The molecule has 3 rings (SSSR count). The van der Waals surface area contributed by atoms with Crippen molar-refractivity contribution in [3.8, 4) is 5.75 Å². The zero-order chi connectivity index (χ0) is 23.0. The van der Waals surface area contributed by atoms with Crippen LogP contribution in [-0.4, -0.2) is 57.4 Å². The van der Waals surface area contributed by atoms with Crippen LogP contribution >= 0.6 is 0 Å². The van der Waals surface area contributed by atoms with Gasteiger partial charge in [-0.1, -0.05) is 19.3 Å². The lowest BCUT2D eigenvalue weighted by molar-refractivity contribution is -0.135. The number of carbonyl (C=O) groups is 2.